The summed E-state index contributed by atoms with van der Waals surface area (Å²) in [6.07, 6.45) is 4.24. The van der Waals surface area contributed by atoms with Crippen LogP contribution in [0.4, 0.5) is 10.4 Å². The zero-order valence-electron chi connectivity index (χ0n) is 11.1. The van der Waals surface area contributed by atoms with E-state index in [0.29, 0.717) is 16.8 Å². The molecule has 0 saturated carbocycles. The van der Waals surface area contributed by atoms with Crippen LogP contribution in [-0.2, 0) is 0 Å². The van der Waals surface area contributed by atoms with Crippen molar-refractivity contribution in [3.8, 4) is 11.3 Å². The van der Waals surface area contributed by atoms with Crippen LogP contribution in [0.25, 0.3) is 11.3 Å². The average Bonchev–Trinajstić information content (AvgIpc) is 3.03. The molecule has 22 heavy (non-hydrogen) atoms. The van der Waals surface area contributed by atoms with Crippen LogP contribution in [0, 0.1) is 5.82 Å². The topological polar surface area (TPSA) is 68.0 Å². The van der Waals surface area contributed by atoms with E-state index in [9.17, 15) is 9.18 Å². The van der Waals surface area contributed by atoms with E-state index >= 15 is 0 Å². The van der Waals surface area contributed by atoms with Crippen LogP contribution in [0.2, 0.25) is 5.02 Å². The first kappa shape index (κ1) is 14.2. The quantitative estimate of drug-likeness (QED) is 0.798. The van der Waals surface area contributed by atoms with Gasteiger partial charge in [-0.25, -0.2) is 9.37 Å². The summed E-state index contributed by atoms with van der Waals surface area (Å²) in [5, 5.41) is 2.53. The molecule has 1 aromatic carbocycles. The van der Waals surface area contributed by atoms with Gasteiger partial charge in [0.1, 0.15) is 12.1 Å². The number of rotatable bonds is 3. The molecule has 0 aliphatic carbocycles. The lowest BCUT2D eigenvalue weighted by Crippen LogP contribution is -2.12. The largest absolute Gasteiger partial charge is 0.432 e. The molecule has 2 aromatic heterocycles. The van der Waals surface area contributed by atoms with Crippen LogP contribution < -0.4 is 5.32 Å². The lowest BCUT2D eigenvalue weighted by Gasteiger charge is -2.05. The standard InChI is InChI=1S/C15H9ClFN3O2/c16-11-2-1-9(7-12(11)17)13-8-10(3-4-18-13)14(21)20-15-19-5-6-22-15/h1-8H,(H,19,20,21). The minimum Gasteiger partial charge on any atom is -0.432 e. The summed E-state index contributed by atoms with van der Waals surface area (Å²) in [7, 11) is 0. The number of benzene rings is 1. The van der Waals surface area contributed by atoms with Gasteiger partial charge in [0.2, 0.25) is 0 Å². The maximum absolute atomic E-state index is 13.5. The molecule has 0 bridgehead atoms. The van der Waals surface area contributed by atoms with E-state index in [-0.39, 0.29) is 11.0 Å². The molecule has 0 saturated heterocycles. The summed E-state index contributed by atoms with van der Waals surface area (Å²) in [6.45, 7) is 0. The number of halogens is 2. The van der Waals surface area contributed by atoms with E-state index in [1.807, 2.05) is 0 Å². The van der Waals surface area contributed by atoms with E-state index < -0.39 is 11.7 Å². The number of carbonyl (C=O) groups excluding carboxylic acids is 1. The molecule has 0 unspecified atom stereocenters. The maximum Gasteiger partial charge on any atom is 0.301 e. The monoisotopic (exact) mass is 317 g/mol. The first-order valence-electron chi connectivity index (χ1n) is 6.26. The van der Waals surface area contributed by atoms with Crippen molar-refractivity contribution < 1.29 is 13.6 Å². The van der Waals surface area contributed by atoms with E-state index in [1.54, 1.807) is 12.1 Å². The Balaban J connectivity index is 1.88. The van der Waals surface area contributed by atoms with Gasteiger partial charge in [-0.1, -0.05) is 17.7 Å². The molecule has 0 spiro atoms. The SMILES string of the molecule is O=C(Nc1ncco1)c1ccnc(-c2ccc(Cl)c(F)c2)c1. The highest BCUT2D eigenvalue weighted by molar-refractivity contribution is 6.30. The zero-order chi connectivity index (χ0) is 15.5. The van der Waals surface area contributed by atoms with Gasteiger partial charge in [0.25, 0.3) is 5.91 Å². The van der Waals surface area contributed by atoms with Gasteiger partial charge in [-0.3, -0.25) is 15.1 Å². The van der Waals surface area contributed by atoms with Crippen molar-refractivity contribution >= 4 is 23.5 Å². The molecule has 1 N–H and O–H groups in total. The Kier molecular flexibility index (Phi) is 3.84. The third-order valence-electron chi connectivity index (χ3n) is 2.89. The number of anilines is 1. The fourth-order valence-electron chi connectivity index (χ4n) is 1.84. The molecular formula is C15H9ClFN3O2. The van der Waals surface area contributed by atoms with Crippen molar-refractivity contribution in [3.05, 3.63) is 65.4 Å². The lowest BCUT2D eigenvalue weighted by atomic mass is 10.1. The number of amides is 1. The average molecular weight is 318 g/mol. The molecule has 0 fully saturated rings. The van der Waals surface area contributed by atoms with E-state index in [1.165, 1.54) is 36.9 Å². The Morgan fingerprint density at radius 3 is 2.77 bits per heavy atom. The fourth-order valence-corrected chi connectivity index (χ4v) is 1.96. The third-order valence-corrected chi connectivity index (χ3v) is 3.20. The molecule has 5 nitrogen and oxygen atoms in total. The highest BCUT2D eigenvalue weighted by Gasteiger charge is 2.11. The molecule has 2 heterocycles. The minimum atomic E-state index is -0.546. The van der Waals surface area contributed by atoms with Crippen molar-refractivity contribution in [2.75, 3.05) is 5.32 Å². The Morgan fingerprint density at radius 2 is 2.05 bits per heavy atom. The zero-order valence-corrected chi connectivity index (χ0v) is 11.8. The minimum absolute atomic E-state index is 0.0292. The molecule has 0 aliphatic rings. The van der Waals surface area contributed by atoms with E-state index in [0.717, 1.165) is 0 Å². The Hall–Kier alpha value is -2.73. The molecular weight excluding hydrogens is 309 g/mol. The molecule has 3 aromatic rings. The summed E-state index contributed by atoms with van der Waals surface area (Å²) >= 11 is 5.65. The Labute approximate surface area is 129 Å². The molecule has 0 radical (unpaired) electrons. The number of hydrogen-bond acceptors (Lipinski definition) is 4. The van der Waals surface area contributed by atoms with Gasteiger partial charge < -0.3 is 4.42 Å². The number of oxazole rings is 1. The van der Waals surface area contributed by atoms with Gasteiger partial charge in [-0.15, -0.1) is 0 Å². The number of carbonyl (C=O) groups is 1. The second-order valence-corrected chi connectivity index (χ2v) is 4.76. The summed E-state index contributed by atoms with van der Waals surface area (Å²) in [6, 6.07) is 7.51. The van der Waals surface area contributed by atoms with Crippen LogP contribution in [0.15, 0.2) is 53.4 Å². The number of hydrogen-bond donors (Lipinski definition) is 1. The van der Waals surface area contributed by atoms with Crippen LogP contribution >= 0.6 is 11.6 Å². The van der Waals surface area contributed by atoms with Gasteiger partial charge in [-0.2, -0.15) is 0 Å². The highest BCUT2D eigenvalue weighted by atomic mass is 35.5. The molecule has 1 amide bonds. The maximum atomic E-state index is 13.5. The lowest BCUT2D eigenvalue weighted by molar-refractivity contribution is 0.102. The summed E-state index contributed by atoms with van der Waals surface area (Å²) in [4.78, 5) is 20.0. The molecule has 0 aliphatic heterocycles. The van der Waals surface area contributed by atoms with Gasteiger partial charge >= 0.3 is 6.01 Å². The predicted octanol–water partition coefficient (Wildman–Crippen LogP) is 3.78. The molecule has 3 rings (SSSR count). The van der Waals surface area contributed by atoms with Crippen LogP contribution in [0.3, 0.4) is 0 Å². The van der Waals surface area contributed by atoms with Crippen LogP contribution in [0.5, 0.6) is 0 Å². The van der Waals surface area contributed by atoms with Gasteiger partial charge in [0.05, 0.1) is 16.9 Å². The van der Waals surface area contributed by atoms with Crippen LogP contribution in [-0.4, -0.2) is 15.9 Å². The Morgan fingerprint density at radius 1 is 1.18 bits per heavy atom. The number of nitrogens with zero attached hydrogens (tertiary/aromatic N) is 2. The van der Waals surface area contributed by atoms with Crippen molar-refractivity contribution in [2.45, 2.75) is 0 Å². The summed E-state index contributed by atoms with van der Waals surface area (Å²) in [5.74, 6) is -0.948. The van der Waals surface area contributed by atoms with Crippen molar-refractivity contribution in [1.29, 1.82) is 0 Å². The smallest absolute Gasteiger partial charge is 0.301 e. The molecule has 110 valence electrons. The van der Waals surface area contributed by atoms with E-state index in [2.05, 4.69) is 15.3 Å². The van der Waals surface area contributed by atoms with Crippen molar-refractivity contribution in [2.24, 2.45) is 0 Å². The van der Waals surface area contributed by atoms with E-state index in [4.69, 9.17) is 16.0 Å². The number of nitrogens with one attached hydrogen (secondary N) is 1. The number of pyridine rings is 1. The summed E-state index contributed by atoms with van der Waals surface area (Å²) < 4.78 is 18.5. The normalized spacial score (nSPS) is 10.5. The highest BCUT2D eigenvalue weighted by Crippen LogP contribution is 2.23. The molecule has 7 heteroatoms. The third kappa shape index (κ3) is 2.96. The van der Waals surface area contributed by atoms with Crippen molar-refractivity contribution in [3.63, 3.8) is 0 Å². The molecule has 0 atom stereocenters. The van der Waals surface area contributed by atoms with Crippen molar-refractivity contribution in [1.82, 2.24) is 9.97 Å². The predicted molar refractivity (Wildman–Crippen MR) is 79.1 cm³/mol. The van der Waals surface area contributed by atoms with Gasteiger partial charge in [0.15, 0.2) is 0 Å². The second-order valence-electron chi connectivity index (χ2n) is 4.35. The van der Waals surface area contributed by atoms with Crippen LogP contribution in [0.1, 0.15) is 10.4 Å². The Bertz CT molecular complexity index is 821. The number of aromatic nitrogens is 2. The first-order chi connectivity index (χ1) is 10.6. The summed E-state index contributed by atoms with van der Waals surface area (Å²) in [5.41, 5.74) is 1.32. The first-order valence-corrected chi connectivity index (χ1v) is 6.63. The second kappa shape index (κ2) is 5.95. The van der Waals surface area contributed by atoms with Gasteiger partial charge in [0, 0.05) is 17.3 Å². The fraction of sp³-hybridized carbons (Fsp3) is 0. The van der Waals surface area contributed by atoms with Gasteiger partial charge in [-0.05, 0) is 24.3 Å².